The molecular formula is C24H30O. The molecule has 4 rings (SSSR count). The highest BCUT2D eigenvalue weighted by Crippen LogP contribution is 2.48. The van der Waals surface area contributed by atoms with E-state index in [0.717, 1.165) is 11.2 Å². The van der Waals surface area contributed by atoms with Crippen LogP contribution in [-0.4, -0.2) is 0 Å². The first-order valence-electron chi connectivity index (χ1n) is 9.51. The van der Waals surface area contributed by atoms with Crippen LogP contribution in [-0.2, 0) is 16.2 Å². The number of rotatable bonds is 0. The van der Waals surface area contributed by atoms with E-state index < -0.39 is 0 Å². The van der Waals surface area contributed by atoms with Crippen LogP contribution in [0.4, 0.5) is 0 Å². The molecule has 0 N–H and O–H groups in total. The molecule has 0 saturated carbocycles. The topological polar surface area (TPSA) is 13.1 Å². The highest BCUT2D eigenvalue weighted by molar-refractivity contribution is 6.05. The lowest BCUT2D eigenvalue weighted by Crippen LogP contribution is -2.33. The second kappa shape index (κ2) is 4.90. The average molecular weight is 335 g/mol. The van der Waals surface area contributed by atoms with Crippen molar-refractivity contribution >= 4 is 21.9 Å². The van der Waals surface area contributed by atoms with Gasteiger partial charge in [0.2, 0.25) is 0 Å². The average Bonchev–Trinajstić information content (AvgIpc) is 2.87. The molecule has 1 nitrogen and oxygen atoms in total. The van der Waals surface area contributed by atoms with Crippen molar-refractivity contribution in [2.75, 3.05) is 0 Å². The summed E-state index contributed by atoms with van der Waals surface area (Å²) >= 11 is 0. The van der Waals surface area contributed by atoms with Crippen LogP contribution in [0.15, 0.2) is 34.7 Å². The molecule has 0 fully saturated rings. The number of furan rings is 1. The van der Waals surface area contributed by atoms with Crippen LogP contribution in [0, 0.1) is 0 Å². The second-order valence-corrected chi connectivity index (χ2v) is 10.2. The zero-order chi connectivity index (χ0) is 18.2. The van der Waals surface area contributed by atoms with Gasteiger partial charge in [0.05, 0.1) is 0 Å². The highest BCUT2D eigenvalue weighted by Gasteiger charge is 2.37. The Kier molecular flexibility index (Phi) is 3.27. The van der Waals surface area contributed by atoms with Crippen molar-refractivity contribution in [2.24, 2.45) is 0 Å². The fraction of sp³-hybridized carbons (Fsp3) is 0.500. The van der Waals surface area contributed by atoms with Gasteiger partial charge in [-0.3, -0.25) is 0 Å². The lowest BCUT2D eigenvalue weighted by molar-refractivity contribution is 0.332. The van der Waals surface area contributed by atoms with E-state index in [0.29, 0.717) is 0 Å². The Morgan fingerprint density at radius 2 is 1.32 bits per heavy atom. The highest BCUT2D eigenvalue weighted by atomic mass is 16.3. The Balaban J connectivity index is 2.03. The molecule has 0 spiro atoms. The molecule has 1 heterocycles. The summed E-state index contributed by atoms with van der Waals surface area (Å²) in [6, 6.07) is 11.5. The normalized spacial score (nSPS) is 19.3. The fourth-order valence-corrected chi connectivity index (χ4v) is 4.30. The van der Waals surface area contributed by atoms with Crippen LogP contribution in [0.2, 0.25) is 0 Å². The van der Waals surface area contributed by atoms with Crippen LogP contribution in [0.25, 0.3) is 21.9 Å². The number of benzene rings is 2. The first kappa shape index (κ1) is 16.7. The van der Waals surface area contributed by atoms with E-state index in [1.807, 2.05) is 0 Å². The third-order valence-corrected chi connectivity index (χ3v) is 6.31. The molecule has 2 aromatic carbocycles. The fourth-order valence-electron chi connectivity index (χ4n) is 4.30. The van der Waals surface area contributed by atoms with Crippen molar-refractivity contribution in [3.05, 3.63) is 47.0 Å². The maximum Gasteiger partial charge on any atom is 0.135 e. The van der Waals surface area contributed by atoms with E-state index in [9.17, 15) is 0 Å². The van der Waals surface area contributed by atoms with E-state index >= 15 is 0 Å². The van der Waals surface area contributed by atoms with Crippen molar-refractivity contribution in [3.63, 3.8) is 0 Å². The Bertz CT molecular complexity index is 977. The molecule has 0 atom stereocenters. The van der Waals surface area contributed by atoms with Gasteiger partial charge >= 0.3 is 0 Å². The minimum absolute atomic E-state index is 0.135. The lowest BCUT2D eigenvalue weighted by atomic mass is 9.63. The molecule has 132 valence electrons. The quantitative estimate of drug-likeness (QED) is 0.422. The summed E-state index contributed by atoms with van der Waals surface area (Å²) in [6.07, 6.45) is 2.47. The van der Waals surface area contributed by atoms with Crippen LogP contribution in [0.3, 0.4) is 0 Å². The van der Waals surface area contributed by atoms with Gasteiger partial charge < -0.3 is 4.42 Å². The second-order valence-electron chi connectivity index (χ2n) is 10.2. The lowest BCUT2D eigenvalue weighted by Gasteiger charge is -2.41. The molecule has 1 aliphatic carbocycles. The number of hydrogen-bond donors (Lipinski definition) is 0. The molecule has 25 heavy (non-hydrogen) atoms. The van der Waals surface area contributed by atoms with Gasteiger partial charge in [-0.25, -0.2) is 0 Å². The van der Waals surface area contributed by atoms with Crippen LogP contribution in [0.5, 0.6) is 0 Å². The monoisotopic (exact) mass is 334 g/mol. The van der Waals surface area contributed by atoms with Gasteiger partial charge in [0.1, 0.15) is 11.2 Å². The zero-order valence-corrected chi connectivity index (χ0v) is 16.7. The summed E-state index contributed by atoms with van der Waals surface area (Å²) in [5.41, 5.74) is 6.92. The Hall–Kier alpha value is -1.76. The molecule has 1 heteroatoms. The van der Waals surface area contributed by atoms with Gasteiger partial charge in [-0.05, 0) is 64.0 Å². The predicted octanol–water partition coefficient (Wildman–Crippen LogP) is 7.23. The van der Waals surface area contributed by atoms with E-state index in [1.165, 1.54) is 40.3 Å². The van der Waals surface area contributed by atoms with Gasteiger partial charge in [0.25, 0.3) is 0 Å². The maximum absolute atomic E-state index is 6.32. The first-order valence-corrected chi connectivity index (χ1v) is 9.51. The van der Waals surface area contributed by atoms with E-state index in [-0.39, 0.29) is 16.2 Å². The Morgan fingerprint density at radius 1 is 0.760 bits per heavy atom. The minimum atomic E-state index is 0.135. The zero-order valence-electron chi connectivity index (χ0n) is 16.7. The maximum atomic E-state index is 6.32. The van der Waals surface area contributed by atoms with E-state index in [1.54, 1.807) is 0 Å². The summed E-state index contributed by atoms with van der Waals surface area (Å²) < 4.78 is 6.32. The third-order valence-electron chi connectivity index (χ3n) is 6.31. The van der Waals surface area contributed by atoms with Crippen molar-refractivity contribution in [2.45, 2.75) is 77.6 Å². The number of hydrogen-bond acceptors (Lipinski definition) is 1. The molecule has 0 radical (unpaired) electrons. The van der Waals surface area contributed by atoms with Crippen LogP contribution >= 0.6 is 0 Å². The molecule has 0 aliphatic heterocycles. The van der Waals surface area contributed by atoms with E-state index in [2.05, 4.69) is 78.8 Å². The van der Waals surface area contributed by atoms with Gasteiger partial charge in [-0.2, -0.15) is 0 Å². The van der Waals surface area contributed by atoms with Gasteiger partial charge in [0.15, 0.2) is 0 Å². The molecule has 0 saturated heterocycles. The third kappa shape index (κ3) is 2.51. The molecular weight excluding hydrogens is 304 g/mol. The van der Waals surface area contributed by atoms with Crippen molar-refractivity contribution < 1.29 is 4.42 Å². The Labute approximate surface area is 151 Å². The summed E-state index contributed by atoms with van der Waals surface area (Å²) in [6.45, 7) is 16.3. The van der Waals surface area contributed by atoms with Gasteiger partial charge in [-0.1, -0.05) is 60.6 Å². The predicted molar refractivity (Wildman–Crippen MR) is 108 cm³/mol. The molecule has 1 aromatic heterocycles. The van der Waals surface area contributed by atoms with Crippen LogP contribution in [0.1, 0.15) is 78.0 Å². The summed E-state index contributed by atoms with van der Waals surface area (Å²) in [5.74, 6) is 0. The van der Waals surface area contributed by atoms with Gasteiger partial charge in [-0.15, -0.1) is 0 Å². The molecule has 0 unspecified atom stereocenters. The van der Waals surface area contributed by atoms with Gasteiger partial charge in [0, 0.05) is 10.8 Å². The summed E-state index contributed by atoms with van der Waals surface area (Å²) in [5, 5.41) is 2.50. The first-order chi connectivity index (χ1) is 11.5. The molecule has 1 aliphatic rings. The van der Waals surface area contributed by atoms with Crippen molar-refractivity contribution in [1.29, 1.82) is 0 Å². The summed E-state index contributed by atoms with van der Waals surface area (Å²) in [4.78, 5) is 0. The molecule has 3 aromatic rings. The van der Waals surface area contributed by atoms with E-state index in [4.69, 9.17) is 4.42 Å². The van der Waals surface area contributed by atoms with Crippen molar-refractivity contribution in [1.82, 2.24) is 0 Å². The molecule has 0 bridgehead atoms. The SMILES string of the molecule is CC(C)(C)c1ccc2c(c1)oc1cc3c(cc12)C(C)(C)CCC3(C)C. The Morgan fingerprint density at radius 3 is 1.92 bits per heavy atom. The number of fused-ring (bicyclic) bond motifs is 4. The standard InChI is InChI=1S/C24H30O/c1-22(2,3)15-8-9-16-17-13-18-19(14-21(17)25-20(16)12-15)24(6,7)11-10-23(18,4)5/h8-9,12-14H,10-11H2,1-7H3. The van der Waals surface area contributed by atoms with Crippen molar-refractivity contribution in [3.8, 4) is 0 Å². The smallest absolute Gasteiger partial charge is 0.135 e. The molecule has 0 amide bonds. The van der Waals surface area contributed by atoms with Crippen LogP contribution < -0.4 is 0 Å². The summed E-state index contributed by atoms with van der Waals surface area (Å²) in [7, 11) is 0. The largest absolute Gasteiger partial charge is 0.456 e. The minimum Gasteiger partial charge on any atom is -0.456 e.